The first kappa shape index (κ1) is 17.3. The molecule has 0 aromatic rings. The van der Waals surface area contributed by atoms with E-state index in [1.165, 1.54) is 19.3 Å². The predicted molar refractivity (Wildman–Crippen MR) is 82.1 cm³/mol. The van der Waals surface area contributed by atoms with E-state index in [-0.39, 0.29) is 16.5 Å². The highest BCUT2D eigenvalue weighted by Gasteiger charge is 2.23. The third kappa shape index (κ3) is 8.16. The van der Waals surface area contributed by atoms with Crippen molar-refractivity contribution in [2.45, 2.75) is 64.7 Å². The molecule has 0 aliphatic heterocycles. The zero-order chi connectivity index (χ0) is 14.5. The lowest BCUT2D eigenvalue weighted by atomic mass is 9.90. The summed E-state index contributed by atoms with van der Waals surface area (Å²) in [7, 11) is -3.17. The van der Waals surface area contributed by atoms with E-state index in [9.17, 15) is 8.42 Å². The van der Waals surface area contributed by atoms with Crippen LogP contribution in [0.25, 0.3) is 0 Å². The molecular weight excluding hydrogens is 282 g/mol. The predicted octanol–water partition coefficient (Wildman–Crippen LogP) is 3.53. The van der Waals surface area contributed by atoms with E-state index in [0.717, 1.165) is 19.3 Å². The van der Waals surface area contributed by atoms with E-state index < -0.39 is 10.0 Å². The molecule has 0 bridgehead atoms. The van der Waals surface area contributed by atoms with Crippen molar-refractivity contribution in [3.05, 3.63) is 0 Å². The molecule has 0 amide bonds. The average molecular weight is 310 g/mol. The van der Waals surface area contributed by atoms with Crippen LogP contribution in [0.4, 0.5) is 0 Å². The molecule has 1 fully saturated rings. The molecule has 0 spiro atoms. The van der Waals surface area contributed by atoms with Crippen molar-refractivity contribution in [1.29, 1.82) is 0 Å². The molecule has 1 aliphatic rings. The summed E-state index contributed by atoms with van der Waals surface area (Å²) in [6.07, 6.45) is 6.49. The van der Waals surface area contributed by atoms with Gasteiger partial charge in [-0.3, -0.25) is 0 Å². The summed E-state index contributed by atoms with van der Waals surface area (Å²) in [5.74, 6) is 0.606. The number of hydrogen-bond donors (Lipinski definition) is 1. The molecule has 19 heavy (non-hydrogen) atoms. The van der Waals surface area contributed by atoms with Crippen molar-refractivity contribution < 1.29 is 8.42 Å². The van der Waals surface area contributed by atoms with Crippen LogP contribution in [-0.4, -0.2) is 26.1 Å². The van der Waals surface area contributed by atoms with Crippen LogP contribution in [0.1, 0.15) is 59.3 Å². The van der Waals surface area contributed by atoms with Crippen LogP contribution in [0.5, 0.6) is 0 Å². The highest BCUT2D eigenvalue weighted by atomic mass is 35.5. The quantitative estimate of drug-likeness (QED) is 0.763. The van der Waals surface area contributed by atoms with E-state index in [2.05, 4.69) is 25.5 Å². The molecule has 1 aliphatic carbocycles. The molecule has 0 heterocycles. The first-order chi connectivity index (χ1) is 8.68. The summed E-state index contributed by atoms with van der Waals surface area (Å²) in [6, 6.07) is 0. The van der Waals surface area contributed by atoms with Crippen LogP contribution in [0.2, 0.25) is 0 Å². The minimum atomic E-state index is -3.17. The van der Waals surface area contributed by atoms with Gasteiger partial charge in [-0.25, -0.2) is 13.1 Å². The standard InChI is InChI=1S/C14H28ClNO2S/c1-14(2,3)9-13(15)10-16-19(17,18)11-12-7-5-4-6-8-12/h12-13,16H,4-11H2,1-3H3. The molecule has 0 saturated heterocycles. The number of hydrogen-bond acceptors (Lipinski definition) is 2. The van der Waals surface area contributed by atoms with E-state index in [4.69, 9.17) is 11.6 Å². The van der Waals surface area contributed by atoms with Crippen LogP contribution < -0.4 is 4.72 Å². The second-order valence-corrected chi connectivity index (χ2v) is 9.46. The maximum Gasteiger partial charge on any atom is 0.211 e. The summed E-state index contributed by atoms with van der Waals surface area (Å²) in [5, 5.41) is -0.138. The third-order valence-electron chi connectivity index (χ3n) is 3.54. The van der Waals surface area contributed by atoms with E-state index in [1.807, 2.05) is 0 Å². The lowest BCUT2D eigenvalue weighted by Crippen LogP contribution is -2.35. The van der Waals surface area contributed by atoms with Crippen molar-refractivity contribution in [1.82, 2.24) is 4.72 Å². The second kappa shape index (κ2) is 7.28. The zero-order valence-electron chi connectivity index (χ0n) is 12.4. The molecule has 1 unspecified atom stereocenters. The maximum absolute atomic E-state index is 12.0. The van der Waals surface area contributed by atoms with Gasteiger partial charge < -0.3 is 0 Å². The number of alkyl halides is 1. The van der Waals surface area contributed by atoms with E-state index >= 15 is 0 Å². The van der Waals surface area contributed by atoms with Gasteiger partial charge in [0.05, 0.1) is 5.75 Å². The Morgan fingerprint density at radius 1 is 1.21 bits per heavy atom. The van der Waals surface area contributed by atoms with Crippen LogP contribution in [0.15, 0.2) is 0 Å². The second-order valence-electron chi connectivity index (χ2n) is 7.00. The number of halogens is 1. The average Bonchev–Trinajstić information content (AvgIpc) is 2.25. The van der Waals surface area contributed by atoms with E-state index in [1.54, 1.807) is 0 Å². The van der Waals surface area contributed by atoms with Gasteiger partial charge in [-0.15, -0.1) is 11.6 Å². The first-order valence-electron chi connectivity index (χ1n) is 7.29. The van der Waals surface area contributed by atoms with Crippen LogP contribution in [0.3, 0.4) is 0 Å². The molecule has 3 nitrogen and oxygen atoms in total. The number of sulfonamides is 1. The Bertz CT molecular complexity index is 356. The molecule has 1 N–H and O–H groups in total. The highest BCUT2D eigenvalue weighted by molar-refractivity contribution is 7.89. The van der Waals surface area contributed by atoms with Gasteiger partial charge in [0.1, 0.15) is 0 Å². The minimum Gasteiger partial charge on any atom is -0.214 e. The summed E-state index contributed by atoms with van der Waals surface area (Å²) in [4.78, 5) is 0. The van der Waals surface area contributed by atoms with Crippen molar-refractivity contribution in [3.63, 3.8) is 0 Å². The Balaban J connectivity index is 2.33. The molecule has 0 radical (unpaired) electrons. The first-order valence-corrected chi connectivity index (χ1v) is 9.38. The summed E-state index contributed by atoms with van der Waals surface area (Å²) in [5.41, 5.74) is 0.126. The summed E-state index contributed by atoms with van der Waals surface area (Å²) < 4.78 is 26.7. The van der Waals surface area contributed by atoms with Crippen molar-refractivity contribution in [2.24, 2.45) is 11.3 Å². The molecule has 114 valence electrons. The fraction of sp³-hybridized carbons (Fsp3) is 1.00. The van der Waals surface area contributed by atoms with Gasteiger partial charge in [-0.05, 0) is 30.6 Å². The molecular formula is C14H28ClNO2S. The molecule has 0 aromatic carbocycles. The van der Waals surface area contributed by atoms with Gasteiger partial charge in [0.15, 0.2) is 0 Å². The van der Waals surface area contributed by atoms with Gasteiger partial charge in [-0.1, -0.05) is 40.0 Å². The Morgan fingerprint density at radius 3 is 2.32 bits per heavy atom. The topological polar surface area (TPSA) is 46.2 Å². The Kier molecular flexibility index (Phi) is 6.61. The maximum atomic E-state index is 12.0. The molecule has 1 atom stereocenters. The fourth-order valence-corrected chi connectivity index (χ4v) is 4.84. The molecule has 1 rings (SSSR count). The largest absolute Gasteiger partial charge is 0.214 e. The Morgan fingerprint density at radius 2 is 1.79 bits per heavy atom. The van der Waals surface area contributed by atoms with Gasteiger partial charge in [0, 0.05) is 11.9 Å². The van der Waals surface area contributed by atoms with Gasteiger partial charge in [-0.2, -0.15) is 0 Å². The molecule has 0 aromatic heterocycles. The normalized spacial score (nSPS) is 20.4. The van der Waals surface area contributed by atoms with Crippen LogP contribution in [-0.2, 0) is 10.0 Å². The van der Waals surface area contributed by atoms with Crippen LogP contribution in [0, 0.1) is 11.3 Å². The van der Waals surface area contributed by atoms with Crippen molar-refractivity contribution in [2.75, 3.05) is 12.3 Å². The van der Waals surface area contributed by atoms with E-state index in [0.29, 0.717) is 12.5 Å². The van der Waals surface area contributed by atoms with Crippen molar-refractivity contribution in [3.8, 4) is 0 Å². The van der Waals surface area contributed by atoms with Crippen LogP contribution >= 0.6 is 11.6 Å². The monoisotopic (exact) mass is 309 g/mol. The highest BCUT2D eigenvalue weighted by Crippen LogP contribution is 2.25. The summed E-state index contributed by atoms with van der Waals surface area (Å²) in [6.45, 7) is 6.67. The number of nitrogens with one attached hydrogen (secondary N) is 1. The fourth-order valence-electron chi connectivity index (χ4n) is 2.68. The lowest BCUT2D eigenvalue weighted by molar-refractivity contribution is 0.367. The van der Waals surface area contributed by atoms with Gasteiger partial charge >= 0.3 is 0 Å². The minimum absolute atomic E-state index is 0.126. The SMILES string of the molecule is CC(C)(C)CC(Cl)CNS(=O)(=O)CC1CCCCC1. The Labute approximate surface area is 123 Å². The molecule has 1 saturated carbocycles. The third-order valence-corrected chi connectivity index (χ3v) is 5.36. The van der Waals surface area contributed by atoms with Gasteiger partial charge in [0.25, 0.3) is 0 Å². The van der Waals surface area contributed by atoms with Crippen molar-refractivity contribution >= 4 is 21.6 Å². The summed E-state index contributed by atoms with van der Waals surface area (Å²) >= 11 is 6.19. The Hall–Kier alpha value is 0.200. The van der Waals surface area contributed by atoms with Gasteiger partial charge in [0.2, 0.25) is 10.0 Å². The smallest absolute Gasteiger partial charge is 0.211 e. The lowest BCUT2D eigenvalue weighted by Gasteiger charge is -2.23. The number of rotatable bonds is 6. The zero-order valence-corrected chi connectivity index (χ0v) is 14.0. The molecule has 5 heteroatoms.